The van der Waals surface area contributed by atoms with Gasteiger partial charge in [-0.3, -0.25) is 4.79 Å². The van der Waals surface area contributed by atoms with E-state index in [2.05, 4.69) is 5.32 Å². The van der Waals surface area contributed by atoms with Crippen molar-refractivity contribution in [1.29, 1.82) is 0 Å². The molecule has 0 aliphatic heterocycles. The minimum absolute atomic E-state index is 0.0309. The summed E-state index contributed by atoms with van der Waals surface area (Å²) in [4.78, 5) is 13.2. The average Bonchev–Trinajstić information content (AvgIpc) is 3.25. The van der Waals surface area contributed by atoms with Crippen LogP contribution in [0, 0.1) is 0 Å². The standard InChI is InChI=1S/C28H23B2ClF4N2O3S/c1-2-41(39,40)23-8-5-20(6-9-23)27(29,30)36-26(38)18-4-10-25-19(13-18)15-22(37(25)12-11-32)14-17-3-7-21(31)16-24(17)28(33,34)35/h3-10,13,15-16H,2,11-12,14H2,1H3,(H,36,38). The van der Waals surface area contributed by atoms with Gasteiger partial charge in [-0.15, -0.1) is 0 Å². The van der Waals surface area contributed by atoms with Crippen LogP contribution in [0.5, 0.6) is 0 Å². The first-order valence-electron chi connectivity index (χ1n) is 12.4. The van der Waals surface area contributed by atoms with Crippen molar-refractivity contribution >= 4 is 53.9 Å². The van der Waals surface area contributed by atoms with Gasteiger partial charge in [0.05, 0.1) is 38.4 Å². The number of fused-ring (bicyclic) bond motifs is 1. The molecule has 0 spiro atoms. The highest BCUT2D eigenvalue weighted by molar-refractivity contribution is 7.91. The van der Waals surface area contributed by atoms with Crippen LogP contribution in [0.25, 0.3) is 10.9 Å². The Hall–Kier alpha value is -3.24. The zero-order chi connectivity index (χ0) is 30.2. The van der Waals surface area contributed by atoms with Crippen LogP contribution >= 0.6 is 11.6 Å². The largest absolute Gasteiger partial charge is 0.416 e. The zero-order valence-corrected chi connectivity index (χ0v) is 23.4. The van der Waals surface area contributed by atoms with Crippen LogP contribution in [0.2, 0.25) is 5.02 Å². The number of benzene rings is 3. The first kappa shape index (κ1) is 30.7. The van der Waals surface area contributed by atoms with Crippen molar-refractivity contribution in [3.05, 3.63) is 99.7 Å². The highest BCUT2D eigenvalue weighted by Crippen LogP contribution is 2.35. The van der Waals surface area contributed by atoms with E-state index in [4.69, 9.17) is 27.3 Å². The van der Waals surface area contributed by atoms with Gasteiger partial charge < -0.3 is 9.88 Å². The molecule has 1 aromatic heterocycles. The third kappa shape index (κ3) is 6.64. The predicted molar refractivity (Wildman–Crippen MR) is 152 cm³/mol. The maximum absolute atomic E-state index is 13.7. The fraction of sp³-hybridized carbons (Fsp3) is 0.250. The van der Waals surface area contributed by atoms with E-state index >= 15 is 0 Å². The van der Waals surface area contributed by atoms with E-state index in [9.17, 15) is 30.8 Å². The Morgan fingerprint density at radius 3 is 2.29 bits per heavy atom. The second kappa shape index (κ2) is 11.6. The molecule has 1 amide bonds. The Morgan fingerprint density at radius 1 is 1.00 bits per heavy atom. The number of nitrogens with zero attached hydrogens (tertiary/aromatic N) is 1. The van der Waals surface area contributed by atoms with Crippen LogP contribution < -0.4 is 5.32 Å². The third-order valence-corrected chi connectivity index (χ3v) is 8.68. The lowest BCUT2D eigenvalue weighted by Crippen LogP contribution is -2.47. The van der Waals surface area contributed by atoms with E-state index in [1.54, 1.807) is 16.7 Å². The van der Waals surface area contributed by atoms with E-state index in [0.717, 1.165) is 6.07 Å². The number of hydrogen-bond acceptors (Lipinski definition) is 3. The topological polar surface area (TPSA) is 68.2 Å². The van der Waals surface area contributed by atoms with Gasteiger partial charge in [0.2, 0.25) is 0 Å². The summed E-state index contributed by atoms with van der Waals surface area (Å²) in [5.74, 6) is -0.737. The van der Waals surface area contributed by atoms with E-state index in [0.29, 0.717) is 16.6 Å². The fourth-order valence-corrected chi connectivity index (χ4v) is 5.62. The van der Waals surface area contributed by atoms with Gasteiger partial charge in [0.1, 0.15) is 6.67 Å². The molecule has 0 aliphatic carbocycles. The number of sulfone groups is 1. The molecule has 0 saturated heterocycles. The average molecular weight is 601 g/mol. The van der Waals surface area contributed by atoms with Gasteiger partial charge in [0.15, 0.2) is 9.84 Å². The van der Waals surface area contributed by atoms with Gasteiger partial charge in [-0.05, 0) is 65.0 Å². The molecule has 0 fully saturated rings. The highest BCUT2D eigenvalue weighted by Gasteiger charge is 2.34. The molecule has 0 saturated carbocycles. The van der Waals surface area contributed by atoms with Gasteiger partial charge in [0, 0.05) is 33.6 Å². The summed E-state index contributed by atoms with van der Waals surface area (Å²) in [5.41, 5.74) is 0.422. The molecular formula is C28H23B2ClF4N2O3S. The Morgan fingerprint density at radius 2 is 1.68 bits per heavy atom. The Balaban J connectivity index is 1.64. The van der Waals surface area contributed by atoms with Crippen LogP contribution in [0.3, 0.4) is 0 Å². The molecule has 41 heavy (non-hydrogen) atoms. The number of hydrogen-bond donors (Lipinski definition) is 1. The van der Waals surface area contributed by atoms with Crippen LogP contribution in [-0.2, 0) is 34.3 Å². The number of aromatic nitrogens is 1. The summed E-state index contributed by atoms with van der Waals surface area (Å²) in [6.07, 6.45) is -4.79. The van der Waals surface area contributed by atoms with Crippen molar-refractivity contribution < 1.29 is 30.8 Å². The number of aryl methyl sites for hydroxylation is 1. The molecular weight excluding hydrogens is 577 g/mol. The number of halogens is 5. The normalized spacial score (nSPS) is 12.5. The molecule has 210 valence electrons. The second-order valence-electron chi connectivity index (χ2n) is 9.48. The van der Waals surface area contributed by atoms with Crippen molar-refractivity contribution in [1.82, 2.24) is 9.88 Å². The van der Waals surface area contributed by atoms with Crippen LogP contribution in [-0.4, -0.2) is 47.0 Å². The van der Waals surface area contributed by atoms with Gasteiger partial charge >= 0.3 is 6.18 Å². The van der Waals surface area contributed by atoms with E-state index in [1.165, 1.54) is 55.5 Å². The first-order valence-corrected chi connectivity index (χ1v) is 14.5. The second-order valence-corrected chi connectivity index (χ2v) is 12.2. The molecule has 0 atom stereocenters. The molecule has 3 aromatic carbocycles. The summed E-state index contributed by atoms with van der Waals surface area (Å²) < 4.78 is 80.1. The van der Waals surface area contributed by atoms with Crippen molar-refractivity contribution in [3.8, 4) is 0 Å². The van der Waals surface area contributed by atoms with E-state index in [-0.39, 0.29) is 45.3 Å². The molecule has 13 heteroatoms. The first-order chi connectivity index (χ1) is 19.2. The maximum Gasteiger partial charge on any atom is 0.416 e. The smallest absolute Gasteiger partial charge is 0.360 e. The number of alkyl halides is 4. The summed E-state index contributed by atoms with van der Waals surface area (Å²) in [6, 6.07) is 15.1. The van der Waals surface area contributed by atoms with Gasteiger partial charge in [0.25, 0.3) is 5.91 Å². The summed E-state index contributed by atoms with van der Waals surface area (Å²) in [7, 11) is 8.85. The van der Waals surface area contributed by atoms with E-state index in [1.807, 2.05) is 0 Å². The number of carbonyl (C=O) groups excluding carboxylic acids is 1. The number of rotatable bonds is 9. The van der Waals surface area contributed by atoms with Crippen LogP contribution in [0.4, 0.5) is 17.6 Å². The lowest BCUT2D eigenvalue weighted by atomic mass is 9.58. The molecule has 0 aliphatic rings. The highest BCUT2D eigenvalue weighted by atomic mass is 35.5. The minimum Gasteiger partial charge on any atom is -0.360 e. The van der Waals surface area contributed by atoms with Crippen molar-refractivity contribution in [3.63, 3.8) is 0 Å². The fourth-order valence-electron chi connectivity index (χ4n) is 4.56. The monoisotopic (exact) mass is 600 g/mol. The van der Waals surface area contributed by atoms with Crippen molar-refractivity contribution in [2.45, 2.75) is 36.3 Å². The van der Waals surface area contributed by atoms with Crippen LogP contribution in [0.15, 0.2) is 71.6 Å². The molecule has 1 heterocycles. The molecule has 4 aromatic rings. The molecule has 0 bridgehead atoms. The maximum atomic E-state index is 13.7. The van der Waals surface area contributed by atoms with E-state index < -0.39 is 39.5 Å². The lowest BCUT2D eigenvalue weighted by molar-refractivity contribution is -0.138. The Labute approximate surface area is 242 Å². The minimum atomic E-state index is -4.63. The summed E-state index contributed by atoms with van der Waals surface area (Å²) in [5, 5.41) is 1.09. The molecule has 4 radical (unpaired) electrons. The van der Waals surface area contributed by atoms with Gasteiger partial charge in [-0.25, -0.2) is 12.8 Å². The zero-order valence-electron chi connectivity index (χ0n) is 21.8. The predicted octanol–water partition coefficient (Wildman–Crippen LogP) is 5.54. The number of amides is 1. The molecule has 4 rings (SSSR count). The third-order valence-electron chi connectivity index (χ3n) is 6.70. The number of nitrogens with one attached hydrogen (secondary N) is 1. The SMILES string of the molecule is [B]C([B])(NC(=O)c1ccc2c(c1)cc(Cc1ccc(Cl)cc1C(F)(F)F)n2CCF)c1ccc(S(=O)(=O)CC)cc1. The summed E-state index contributed by atoms with van der Waals surface area (Å²) >= 11 is 5.80. The molecule has 0 unspecified atom stereocenters. The van der Waals surface area contributed by atoms with Crippen LogP contribution in [0.1, 0.15) is 39.7 Å². The molecule has 1 N–H and O–H groups in total. The van der Waals surface area contributed by atoms with Crippen molar-refractivity contribution in [2.24, 2.45) is 0 Å². The lowest BCUT2D eigenvalue weighted by Gasteiger charge is -2.28. The Bertz CT molecular complexity index is 1710. The van der Waals surface area contributed by atoms with Gasteiger partial charge in [-0.2, -0.15) is 13.2 Å². The quantitative estimate of drug-likeness (QED) is 0.203. The van der Waals surface area contributed by atoms with Crippen molar-refractivity contribution in [2.75, 3.05) is 12.4 Å². The van der Waals surface area contributed by atoms with Gasteiger partial charge in [-0.1, -0.05) is 36.7 Å². The summed E-state index contributed by atoms with van der Waals surface area (Å²) in [6.45, 7) is 0.660. The Kier molecular flexibility index (Phi) is 8.66. The molecule has 5 nitrogen and oxygen atoms in total. The number of carbonyl (C=O) groups is 1.